The summed E-state index contributed by atoms with van der Waals surface area (Å²) in [5, 5.41) is 1.96. The number of alkyl halides is 1. The summed E-state index contributed by atoms with van der Waals surface area (Å²) in [7, 11) is 0. The minimum atomic E-state index is 0.314. The molecule has 0 aliphatic carbocycles. The van der Waals surface area contributed by atoms with E-state index in [1.54, 1.807) is 24.4 Å². The number of ether oxygens (including phenoxy) is 1. The molecule has 0 amide bonds. The fraction of sp³-hybridized carbons (Fsp3) is 0.0625. The summed E-state index contributed by atoms with van der Waals surface area (Å²) in [5.41, 5.74) is 1.51. The van der Waals surface area contributed by atoms with Crippen LogP contribution in [0.3, 0.4) is 0 Å². The van der Waals surface area contributed by atoms with Gasteiger partial charge in [-0.15, -0.1) is 11.6 Å². The molecule has 0 bridgehead atoms. The highest BCUT2D eigenvalue weighted by molar-refractivity contribution is 6.35. The number of fused-ring (bicyclic) bond motifs is 1. The van der Waals surface area contributed by atoms with Crippen molar-refractivity contribution in [1.82, 2.24) is 4.98 Å². The lowest BCUT2D eigenvalue weighted by Crippen LogP contribution is -1.93. The van der Waals surface area contributed by atoms with E-state index in [-0.39, 0.29) is 0 Å². The Morgan fingerprint density at radius 3 is 2.62 bits per heavy atom. The standard InChI is InChI=1S/C16H10Cl3NO/c17-9-10-3-1-5-13(19)16(10)21-14-7-6-12(18)11-4-2-8-20-15(11)14/h1-8H,9H2. The third-order valence-electron chi connectivity index (χ3n) is 3.08. The number of halogens is 3. The van der Waals surface area contributed by atoms with Crippen LogP contribution in [-0.2, 0) is 5.88 Å². The van der Waals surface area contributed by atoms with E-state index in [9.17, 15) is 0 Å². The summed E-state index contributed by atoms with van der Waals surface area (Å²) >= 11 is 18.3. The number of aromatic nitrogens is 1. The molecule has 0 fully saturated rings. The van der Waals surface area contributed by atoms with Gasteiger partial charge in [-0.2, -0.15) is 0 Å². The second-order valence-electron chi connectivity index (χ2n) is 4.41. The molecule has 2 nitrogen and oxygen atoms in total. The van der Waals surface area contributed by atoms with Gasteiger partial charge in [0.15, 0.2) is 11.5 Å². The second-order valence-corrected chi connectivity index (χ2v) is 5.49. The fourth-order valence-electron chi connectivity index (χ4n) is 2.08. The maximum absolute atomic E-state index is 6.21. The molecule has 3 aromatic rings. The van der Waals surface area contributed by atoms with Crippen LogP contribution >= 0.6 is 34.8 Å². The van der Waals surface area contributed by atoms with Crippen LogP contribution < -0.4 is 4.74 Å². The van der Waals surface area contributed by atoms with Gasteiger partial charge in [-0.05, 0) is 30.3 Å². The SMILES string of the molecule is ClCc1cccc(Cl)c1Oc1ccc(Cl)c2cccnc12. The molecule has 1 heterocycles. The average Bonchev–Trinajstić information content (AvgIpc) is 2.52. The Labute approximate surface area is 137 Å². The Balaban J connectivity index is 2.13. The number of pyridine rings is 1. The Morgan fingerprint density at radius 2 is 1.81 bits per heavy atom. The number of hydrogen-bond acceptors (Lipinski definition) is 2. The molecule has 1 aromatic heterocycles. The summed E-state index contributed by atoms with van der Waals surface area (Å²) in [6.45, 7) is 0. The van der Waals surface area contributed by atoms with Crippen LogP contribution in [0.1, 0.15) is 5.56 Å². The van der Waals surface area contributed by atoms with Crippen LogP contribution in [0.2, 0.25) is 10.0 Å². The second kappa shape index (κ2) is 6.10. The normalized spacial score (nSPS) is 10.8. The van der Waals surface area contributed by atoms with E-state index in [2.05, 4.69) is 4.98 Å². The van der Waals surface area contributed by atoms with E-state index < -0.39 is 0 Å². The van der Waals surface area contributed by atoms with Crippen molar-refractivity contribution >= 4 is 45.7 Å². The molecule has 2 aromatic carbocycles. The van der Waals surface area contributed by atoms with Crippen molar-refractivity contribution < 1.29 is 4.74 Å². The van der Waals surface area contributed by atoms with Gasteiger partial charge in [0.2, 0.25) is 0 Å². The molecule has 0 unspecified atom stereocenters. The number of benzene rings is 2. The van der Waals surface area contributed by atoms with Crippen LogP contribution in [0, 0.1) is 0 Å². The Hall–Kier alpha value is -1.48. The number of hydrogen-bond donors (Lipinski definition) is 0. The number of rotatable bonds is 3. The highest BCUT2D eigenvalue weighted by atomic mass is 35.5. The summed E-state index contributed by atoms with van der Waals surface area (Å²) in [5.74, 6) is 1.45. The highest BCUT2D eigenvalue weighted by Gasteiger charge is 2.12. The van der Waals surface area contributed by atoms with Gasteiger partial charge in [0.05, 0.1) is 15.9 Å². The minimum absolute atomic E-state index is 0.314. The van der Waals surface area contributed by atoms with Gasteiger partial charge >= 0.3 is 0 Å². The van der Waals surface area contributed by atoms with Gasteiger partial charge in [0.1, 0.15) is 5.52 Å². The van der Waals surface area contributed by atoms with E-state index >= 15 is 0 Å². The smallest absolute Gasteiger partial charge is 0.153 e. The number of nitrogens with zero attached hydrogens (tertiary/aromatic N) is 1. The lowest BCUT2D eigenvalue weighted by atomic mass is 10.2. The molecule has 0 N–H and O–H groups in total. The fourth-order valence-corrected chi connectivity index (χ4v) is 2.74. The summed E-state index contributed by atoms with van der Waals surface area (Å²) < 4.78 is 5.96. The van der Waals surface area contributed by atoms with Crippen molar-refractivity contribution in [2.24, 2.45) is 0 Å². The maximum atomic E-state index is 6.21. The zero-order valence-corrected chi connectivity index (χ0v) is 13.1. The quantitative estimate of drug-likeness (QED) is 0.540. The summed E-state index contributed by atoms with van der Waals surface area (Å²) in [6, 6.07) is 12.8. The molecular weight excluding hydrogens is 329 g/mol. The van der Waals surface area contributed by atoms with E-state index in [0.717, 1.165) is 10.9 Å². The largest absolute Gasteiger partial charge is 0.453 e. The first kappa shape index (κ1) is 14.5. The van der Waals surface area contributed by atoms with Gasteiger partial charge < -0.3 is 4.74 Å². The maximum Gasteiger partial charge on any atom is 0.153 e. The molecule has 0 saturated carbocycles. The minimum Gasteiger partial charge on any atom is -0.453 e. The van der Waals surface area contributed by atoms with Crippen molar-refractivity contribution in [3.63, 3.8) is 0 Å². The van der Waals surface area contributed by atoms with E-state index in [4.69, 9.17) is 39.5 Å². The van der Waals surface area contributed by atoms with Gasteiger partial charge in [-0.3, -0.25) is 4.98 Å². The first-order chi connectivity index (χ1) is 10.2. The first-order valence-corrected chi connectivity index (χ1v) is 7.54. The molecule has 0 spiro atoms. The van der Waals surface area contributed by atoms with Gasteiger partial charge in [-0.25, -0.2) is 0 Å². The van der Waals surface area contributed by atoms with E-state index in [0.29, 0.717) is 32.9 Å². The van der Waals surface area contributed by atoms with Crippen LogP contribution in [-0.4, -0.2) is 4.98 Å². The lowest BCUT2D eigenvalue weighted by molar-refractivity contribution is 0.483. The molecule has 106 valence electrons. The Kier molecular flexibility index (Phi) is 4.20. The Morgan fingerprint density at radius 1 is 0.952 bits per heavy atom. The van der Waals surface area contributed by atoms with E-state index in [1.165, 1.54) is 0 Å². The zero-order chi connectivity index (χ0) is 14.8. The molecule has 3 rings (SSSR count). The van der Waals surface area contributed by atoms with Gasteiger partial charge in [0.25, 0.3) is 0 Å². The molecule has 0 aliphatic rings. The Bertz CT molecular complexity index is 805. The van der Waals surface area contributed by atoms with Crippen molar-refractivity contribution in [2.75, 3.05) is 0 Å². The predicted octanol–water partition coefficient (Wildman–Crippen LogP) is 6.07. The van der Waals surface area contributed by atoms with Crippen molar-refractivity contribution in [3.05, 3.63) is 64.3 Å². The third-order valence-corrected chi connectivity index (χ3v) is 4.00. The van der Waals surface area contributed by atoms with Gasteiger partial charge in [-0.1, -0.05) is 35.3 Å². The number of para-hydroxylation sites is 1. The first-order valence-electron chi connectivity index (χ1n) is 6.25. The van der Waals surface area contributed by atoms with Crippen molar-refractivity contribution in [2.45, 2.75) is 5.88 Å². The molecule has 0 saturated heterocycles. The average molecular weight is 339 g/mol. The van der Waals surface area contributed by atoms with Crippen LogP contribution in [0.4, 0.5) is 0 Å². The third kappa shape index (κ3) is 2.80. The summed E-state index contributed by atoms with van der Waals surface area (Å²) in [4.78, 5) is 4.34. The topological polar surface area (TPSA) is 22.1 Å². The molecule has 0 aliphatic heterocycles. The molecule has 0 atom stereocenters. The molecule has 5 heteroatoms. The molecular formula is C16H10Cl3NO. The summed E-state index contributed by atoms with van der Waals surface area (Å²) in [6.07, 6.45) is 1.70. The lowest BCUT2D eigenvalue weighted by Gasteiger charge is -2.13. The van der Waals surface area contributed by atoms with Crippen molar-refractivity contribution in [1.29, 1.82) is 0 Å². The van der Waals surface area contributed by atoms with Gasteiger partial charge in [0, 0.05) is 17.1 Å². The molecule has 0 radical (unpaired) electrons. The van der Waals surface area contributed by atoms with Crippen LogP contribution in [0.15, 0.2) is 48.7 Å². The highest BCUT2D eigenvalue weighted by Crippen LogP contribution is 2.37. The predicted molar refractivity (Wildman–Crippen MR) is 87.8 cm³/mol. The van der Waals surface area contributed by atoms with Crippen LogP contribution in [0.5, 0.6) is 11.5 Å². The van der Waals surface area contributed by atoms with E-state index in [1.807, 2.05) is 24.3 Å². The molecule has 21 heavy (non-hydrogen) atoms. The zero-order valence-electron chi connectivity index (χ0n) is 10.8. The monoisotopic (exact) mass is 337 g/mol. The van der Waals surface area contributed by atoms with Crippen molar-refractivity contribution in [3.8, 4) is 11.5 Å². The van der Waals surface area contributed by atoms with Crippen LogP contribution in [0.25, 0.3) is 10.9 Å².